The van der Waals surface area contributed by atoms with E-state index in [2.05, 4.69) is 0 Å². The summed E-state index contributed by atoms with van der Waals surface area (Å²) in [7, 11) is 0. The first-order valence-electron chi connectivity index (χ1n) is 6.64. The number of nitro groups is 1. The zero-order valence-corrected chi connectivity index (χ0v) is 11.7. The third-order valence-corrected chi connectivity index (χ3v) is 3.42. The van der Waals surface area contributed by atoms with Crippen LogP contribution in [0.2, 0.25) is 0 Å². The minimum Gasteiger partial charge on any atom is -0.481 e. The van der Waals surface area contributed by atoms with Crippen LogP contribution in [0.15, 0.2) is 46.9 Å². The molecule has 0 amide bonds. The molecule has 3 aromatic rings. The molecular formula is C16H10FNO5. The van der Waals surface area contributed by atoms with Crippen LogP contribution in [0.4, 0.5) is 10.3 Å². The predicted molar refractivity (Wildman–Crippen MR) is 79.6 cm³/mol. The average molecular weight is 315 g/mol. The number of para-hydroxylation sites is 1. The fraction of sp³-hybridized carbons (Fsp3) is 0.0625. The van der Waals surface area contributed by atoms with Gasteiger partial charge in [-0.1, -0.05) is 30.3 Å². The highest BCUT2D eigenvalue weighted by Gasteiger charge is 2.26. The molecule has 0 saturated heterocycles. The molecule has 7 heteroatoms. The number of carboxylic acid groups (broad SMARTS) is 1. The third kappa shape index (κ3) is 2.64. The highest BCUT2D eigenvalue weighted by Crippen LogP contribution is 2.41. The quantitative estimate of drug-likeness (QED) is 0.584. The maximum atomic E-state index is 13.1. The van der Waals surface area contributed by atoms with Gasteiger partial charge in [-0.15, -0.1) is 0 Å². The zero-order chi connectivity index (χ0) is 16.6. The van der Waals surface area contributed by atoms with E-state index in [4.69, 9.17) is 9.52 Å². The van der Waals surface area contributed by atoms with Gasteiger partial charge in [0.05, 0.1) is 6.42 Å². The van der Waals surface area contributed by atoms with Crippen LogP contribution in [0.25, 0.3) is 22.1 Å². The lowest BCUT2D eigenvalue weighted by Gasteiger charge is -2.00. The summed E-state index contributed by atoms with van der Waals surface area (Å²) in [5.41, 5.74) is 1.12. The van der Waals surface area contributed by atoms with Gasteiger partial charge in [-0.05, 0) is 17.7 Å². The number of hydrogen-bond donors (Lipinski definition) is 1. The largest absolute Gasteiger partial charge is 0.481 e. The van der Waals surface area contributed by atoms with E-state index >= 15 is 0 Å². The van der Waals surface area contributed by atoms with Crippen molar-refractivity contribution in [3.05, 3.63) is 64.0 Å². The lowest BCUT2D eigenvalue weighted by molar-refractivity contribution is -0.400. The van der Waals surface area contributed by atoms with Gasteiger partial charge in [0.1, 0.15) is 21.9 Å². The summed E-state index contributed by atoms with van der Waals surface area (Å²) in [6.45, 7) is 0. The van der Waals surface area contributed by atoms with Gasteiger partial charge in [0.15, 0.2) is 0 Å². The van der Waals surface area contributed by atoms with Gasteiger partial charge in [-0.25, -0.2) is 4.39 Å². The highest BCUT2D eigenvalue weighted by atomic mass is 19.1. The molecular weight excluding hydrogens is 305 g/mol. The summed E-state index contributed by atoms with van der Waals surface area (Å²) < 4.78 is 18.4. The summed E-state index contributed by atoms with van der Waals surface area (Å²) in [5.74, 6) is -2.03. The number of benzene rings is 2. The minimum absolute atomic E-state index is 0.154. The molecule has 2 aromatic carbocycles. The molecule has 0 saturated carbocycles. The van der Waals surface area contributed by atoms with E-state index in [1.165, 1.54) is 30.3 Å². The normalized spacial score (nSPS) is 10.8. The minimum atomic E-state index is -1.07. The van der Waals surface area contributed by atoms with Gasteiger partial charge in [-0.3, -0.25) is 14.9 Å². The molecule has 6 nitrogen and oxygen atoms in total. The SMILES string of the molecule is O=C(O)Cc1cccc2c(-c3ccc(F)cc3)c([N+](=O)[O-])oc12. The monoisotopic (exact) mass is 315 g/mol. The number of rotatable bonds is 4. The van der Waals surface area contributed by atoms with Gasteiger partial charge >= 0.3 is 11.9 Å². The van der Waals surface area contributed by atoms with Crippen LogP contribution in [-0.4, -0.2) is 16.0 Å². The Bertz CT molecular complexity index is 914. The number of carbonyl (C=O) groups is 1. The lowest BCUT2D eigenvalue weighted by atomic mass is 10.0. The zero-order valence-electron chi connectivity index (χ0n) is 11.7. The molecule has 0 bridgehead atoms. The van der Waals surface area contributed by atoms with Crippen LogP contribution in [0, 0.1) is 15.9 Å². The number of furan rings is 1. The second kappa shape index (κ2) is 5.53. The van der Waals surface area contributed by atoms with Crippen molar-refractivity contribution in [3.8, 4) is 11.1 Å². The predicted octanol–water partition coefficient (Wildman–Crippen LogP) is 3.77. The van der Waals surface area contributed by atoms with Crippen molar-refractivity contribution in [1.29, 1.82) is 0 Å². The topological polar surface area (TPSA) is 93.6 Å². The van der Waals surface area contributed by atoms with Gasteiger partial charge < -0.3 is 9.52 Å². The van der Waals surface area contributed by atoms with Crippen molar-refractivity contribution >= 4 is 22.8 Å². The van der Waals surface area contributed by atoms with E-state index in [0.717, 1.165) is 0 Å². The average Bonchev–Trinajstić information content (AvgIpc) is 2.88. The Hall–Kier alpha value is -3.22. The number of aliphatic carboxylic acids is 1. The lowest BCUT2D eigenvalue weighted by Crippen LogP contribution is -1.99. The molecule has 0 radical (unpaired) electrons. The van der Waals surface area contributed by atoms with E-state index < -0.39 is 22.6 Å². The van der Waals surface area contributed by atoms with E-state index in [-0.39, 0.29) is 17.6 Å². The summed E-state index contributed by atoms with van der Waals surface area (Å²) in [4.78, 5) is 21.5. The molecule has 0 aliphatic rings. The number of carboxylic acids is 1. The van der Waals surface area contributed by atoms with Crippen LogP contribution in [0.3, 0.4) is 0 Å². The first-order chi connectivity index (χ1) is 11.0. The van der Waals surface area contributed by atoms with Crippen molar-refractivity contribution in [2.24, 2.45) is 0 Å². The Kier molecular flexibility index (Phi) is 3.53. The smallest absolute Gasteiger partial charge is 0.442 e. The standard InChI is InChI=1S/C16H10FNO5/c17-11-6-4-9(5-7-11)14-12-3-1-2-10(8-13(19)20)15(12)23-16(14)18(21)22/h1-7H,8H2,(H,19,20). The molecule has 1 N–H and O–H groups in total. The molecule has 1 heterocycles. The van der Waals surface area contributed by atoms with Gasteiger partial charge in [0.2, 0.25) is 0 Å². The first kappa shape index (κ1) is 14.7. The second-order valence-electron chi connectivity index (χ2n) is 4.91. The highest BCUT2D eigenvalue weighted by molar-refractivity contribution is 6.00. The molecule has 0 fully saturated rings. The maximum Gasteiger partial charge on any atom is 0.442 e. The molecule has 23 heavy (non-hydrogen) atoms. The number of nitrogens with zero attached hydrogens (tertiary/aromatic N) is 1. The molecule has 0 unspecified atom stereocenters. The molecule has 3 rings (SSSR count). The summed E-state index contributed by atoms with van der Waals surface area (Å²) >= 11 is 0. The van der Waals surface area contributed by atoms with Crippen LogP contribution >= 0.6 is 0 Å². The third-order valence-electron chi connectivity index (χ3n) is 3.42. The van der Waals surface area contributed by atoms with Gasteiger partial charge in [0.25, 0.3) is 0 Å². The van der Waals surface area contributed by atoms with E-state index in [1.54, 1.807) is 12.1 Å². The molecule has 0 spiro atoms. The van der Waals surface area contributed by atoms with Crippen LogP contribution in [0.1, 0.15) is 5.56 Å². The summed E-state index contributed by atoms with van der Waals surface area (Å²) in [6, 6.07) is 9.96. The molecule has 1 aromatic heterocycles. The molecule has 0 atom stereocenters. The number of fused-ring (bicyclic) bond motifs is 1. The van der Waals surface area contributed by atoms with Crippen molar-refractivity contribution < 1.29 is 23.6 Å². The van der Waals surface area contributed by atoms with Crippen LogP contribution in [0.5, 0.6) is 0 Å². The van der Waals surface area contributed by atoms with E-state index in [9.17, 15) is 19.3 Å². The fourth-order valence-corrected chi connectivity index (χ4v) is 2.49. The number of hydrogen-bond acceptors (Lipinski definition) is 4. The van der Waals surface area contributed by atoms with E-state index in [0.29, 0.717) is 16.5 Å². The van der Waals surface area contributed by atoms with Crippen LogP contribution in [-0.2, 0) is 11.2 Å². The summed E-state index contributed by atoms with van der Waals surface area (Å²) in [5, 5.41) is 20.6. The summed E-state index contributed by atoms with van der Waals surface area (Å²) in [6.07, 6.45) is -0.315. The van der Waals surface area contributed by atoms with Crippen molar-refractivity contribution in [3.63, 3.8) is 0 Å². The van der Waals surface area contributed by atoms with Crippen molar-refractivity contribution in [2.45, 2.75) is 6.42 Å². The second-order valence-corrected chi connectivity index (χ2v) is 4.91. The first-order valence-corrected chi connectivity index (χ1v) is 6.64. The molecule has 0 aliphatic carbocycles. The maximum absolute atomic E-state index is 13.1. The van der Waals surface area contributed by atoms with E-state index in [1.807, 2.05) is 0 Å². The van der Waals surface area contributed by atoms with Crippen LogP contribution < -0.4 is 0 Å². The Balaban J connectivity index is 2.31. The number of halogens is 1. The van der Waals surface area contributed by atoms with Crippen molar-refractivity contribution in [1.82, 2.24) is 0 Å². The Morgan fingerprint density at radius 3 is 2.52 bits per heavy atom. The Labute approximate surface area is 128 Å². The van der Waals surface area contributed by atoms with Crippen molar-refractivity contribution in [2.75, 3.05) is 0 Å². The Morgan fingerprint density at radius 2 is 1.91 bits per heavy atom. The fourth-order valence-electron chi connectivity index (χ4n) is 2.49. The molecule has 116 valence electrons. The van der Waals surface area contributed by atoms with Gasteiger partial charge in [-0.2, -0.15) is 0 Å². The van der Waals surface area contributed by atoms with Gasteiger partial charge in [0, 0.05) is 10.9 Å². The molecule has 0 aliphatic heterocycles. The Morgan fingerprint density at radius 1 is 1.22 bits per heavy atom.